The largest absolute Gasteiger partial charge is 0.480 e. The van der Waals surface area contributed by atoms with Crippen LogP contribution in [0.2, 0.25) is 0 Å². The van der Waals surface area contributed by atoms with Gasteiger partial charge in [0.2, 0.25) is 5.91 Å². The zero-order valence-corrected chi connectivity index (χ0v) is 20.3. The Morgan fingerprint density at radius 1 is 1.00 bits per heavy atom. The van der Waals surface area contributed by atoms with E-state index < -0.39 is 24.2 Å². The predicted octanol–water partition coefficient (Wildman–Crippen LogP) is 3.40. The Labute approximate surface area is 208 Å². The van der Waals surface area contributed by atoms with Crippen molar-refractivity contribution in [2.75, 3.05) is 37.9 Å². The summed E-state index contributed by atoms with van der Waals surface area (Å²) < 4.78 is 10.7. The Balaban J connectivity index is 1.34. The number of rotatable bonds is 10. The standard InChI is InChI=1S/C26H30N2O6S/c29-23(27-11-12-33-17-24(30)31)15-26(9-13-35-14-10-26)28-25(32)34-16-22-20-7-3-1-5-18(20)19-6-2-4-8-21(19)22/h1-8,22H,9-17H2,(H,27,29)(H,28,32)(H,30,31). The van der Waals surface area contributed by atoms with E-state index in [2.05, 4.69) is 34.9 Å². The van der Waals surface area contributed by atoms with Crippen LogP contribution in [0.5, 0.6) is 0 Å². The van der Waals surface area contributed by atoms with E-state index in [0.717, 1.165) is 22.6 Å². The van der Waals surface area contributed by atoms with Gasteiger partial charge in [-0.05, 0) is 46.6 Å². The van der Waals surface area contributed by atoms with Gasteiger partial charge in [0.25, 0.3) is 0 Å². The van der Waals surface area contributed by atoms with Gasteiger partial charge in [0.1, 0.15) is 13.2 Å². The summed E-state index contributed by atoms with van der Waals surface area (Å²) in [5.74, 6) is 0.397. The molecule has 2 aromatic carbocycles. The number of fused-ring (bicyclic) bond motifs is 3. The van der Waals surface area contributed by atoms with E-state index in [1.807, 2.05) is 24.3 Å². The molecule has 35 heavy (non-hydrogen) atoms. The van der Waals surface area contributed by atoms with Crippen LogP contribution in [0.25, 0.3) is 11.1 Å². The van der Waals surface area contributed by atoms with Crippen LogP contribution >= 0.6 is 11.8 Å². The van der Waals surface area contributed by atoms with Crippen molar-refractivity contribution in [2.45, 2.75) is 30.7 Å². The van der Waals surface area contributed by atoms with Gasteiger partial charge in [0.05, 0.1) is 12.1 Å². The average molecular weight is 499 g/mol. The summed E-state index contributed by atoms with van der Waals surface area (Å²) in [6.07, 6.45) is 0.961. The highest BCUT2D eigenvalue weighted by Gasteiger charge is 2.37. The first kappa shape index (κ1) is 25.1. The third kappa shape index (κ3) is 6.35. The normalized spacial score (nSPS) is 16.1. The molecule has 1 aliphatic carbocycles. The van der Waals surface area contributed by atoms with Crippen molar-refractivity contribution in [1.82, 2.24) is 10.6 Å². The number of carboxylic acids is 1. The molecule has 0 aromatic heterocycles. The zero-order chi connectivity index (χ0) is 24.7. The molecular weight excluding hydrogens is 468 g/mol. The molecule has 0 bridgehead atoms. The molecule has 9 heteroatoms. The number of thioether (sulfide) groups is 1. The highest BCUT2D eigenvalue weighted by atomic mass is 32.2. The number of nitrogens with one attached hydrogen (secondary N) is 2. The number of hydrogen-bond acceptors (Lipinski definition) is 6. The number of ether oxygens (including phenoxy) is 2. The van der Waals surface area contributed by atoms with Gasteiger partial charge in [-0.15, -0.1) is 0 Å². The summed E-state index contributed by atoms with van der Waals surface area (Å²) in [5, 5.41) is 14.4. The van der Waals surface area contributed by atoms with Crippen molar-refractivity contribution in [3.8, 4) is 11.1 Å². The number of amides is 2. The molecule has 4 rings (SSSR count). The first-order valence-corrected chi connectivity index (χ1v) is 12.9. The molecule has 0 saturated carbocycles. The molecule has 186 valence electrons. The molecule has 3 N–H and O–H groups in total. The van der Waals surface area contributed by atoms with Crippen molar-refractivity contribution < 1.29 is 29.0 Å². The Morgan fingerprint density at radius 3 is 2.26 bits per heavy atom. The van der Waals surface area contributed by atoms with Crippen LogP contribution in [-0.2, 0) is 19.1 Å². The number of carbonyl (C=O) groups is 3. The summed E-state index contributed by atoms with van der Waals surface area (Å²) in [6, 6.07) is 16.4. The molecule has 2 aliphatic rings. The van der Waals surface area contributed by atoms with Crippen LogP contribution in [0.1, 0.15) is 36.3 Å². The maximum Gasteiger partial charge on any atom is 0.407 e. The van der Waals surface area contributed by atoms with Crippen LogP contribution in [0.4, 0.5) is 4.79 Å². The van der Waals surface area contributed by atoms with Crippen molar-refractivity contribution in [3.63, 3.8) is 0 Å². The molecule has 1 saturated heterocycles. The van der Waals surface area contributed by atoms with E-state index in [0.29, 0.717) is 12.8 Å². The van der Waals surface area contributed by atoms with Crippen LogP contribution < -0.4 is 10.6 Å². The fourth-order valence-corrected chi connectivity index (χ4v) is 6.03. The zero-order valence-electron chi connectivity index (χ0n) is 19.5. The molecule has 0 unspecified atom stereocenters. The minimum atomic E-state index is -1.05. The van der Waals surface area contributed by atoms with E-state index >= 15 is 0 Å². The molecular formula is C26H30N2O6S. The van der Waals surface area contributed by atoms with Crippen LogP contribution in [0, 0.1) is 0 Å². The maximum absolute atomic E-state index is 12.9. The fourth-order valence-electron chi connectivity index (χ4n) is 4.75. The highest BCUT2D eigenvalue weighted by molar-refractivity contribution is 7.99. The second-order valence-electron chi connectivity index (χ2n) is 8.82. The SMILES string of the molecule is O=C(O)COCCNC(=O)CC1(NC(=O)OCC2c3ccccc3-c3ccccc32)CCSCC1. The van der Waals surface area contributed by atoms with Crippen LogP contribution in [0.15, 0.2) is 48.5 Å². The van der Waals surface area contributed by atoms with Gasteiger partial charge in [0, 0.05) is 18.9 Å². The Morgan fingerprint density at radius 2 is 1.63 bits per heavy atom. The molecule has 1 heterocycles. The molecule has 1 aliphatic heterocycles. The predicted molar refractivity (Wildman–Crippen MR) is 134 cm³/mol. The molecule has 2 aromatic rings. The van der Waals surface area contributed by atoms with E-state index in [1.165, 1.54) is 11.1 Å². The van der Waals surface area contributed by atoms with E-state index in [1.54, 1.807) is 11.8 Å². The second kappa shape index (κ2) is 11.6. The molecule has 0 radical (unpaired) electrons. The van der Waals surface area contributed by atoms with Crippen molar-refractivity contribution in [2.24, 2.45) is 0 Å². The van der Waals surface area contributed by atoms with E-state index in [4.69, 9.17) is 14.6 Å². The maximum atomic E-state index is 12.9. The molecule has 1 fully saturated rings. The second-order valence-corrected chi connectivity index (χ2v) is 10.0. The molecule has 8 nitrogen and oxygen atoms in total. The van der Waals surface area contributed by atoms with Crippen LogP contribution in [-0.4, -0.2) is 66.5 Å². The topological polar surface area (TPSA) is 114 Å². The van der Waals surface area contributed by atoms with Crippen molar-refractivity contribution in [1.29, 1.82) is 0 Å². The van der Waals surface area contributed by atoms with Gasteiger partial charge in [0.15, 0.2) is 0 Å². The number of carboxylic acid groups (broad SMARTS) is 1. The van der Waals surface area contributed by atoms with E-state index in [-0.39, 0.29) is 38.0 Å². The fraction of sp³-hybridized carbons (Fsp3) is 0.423. The Bertz CT molecular complexity index is 1020. The van der Waals surface area contributed by atoms with Gasteiger partial charge in [-0.1, -0.05) is 48.5 Å². The lowest BCUT2D eigenvalue weighted by molar-refractivity contribution is -0.142. The van der Waals surface area contributed by atoms with Gasteiger partial charge in [-0.2, -0.15) is 11.8 Å². The lowest BCUT2D eigenvalue weighted by Crippen LogP contribution is -2.53. The number of carbonyl (C=O) groups excluding carboxylic acids is 2. The molecule has 2 amide bonds. The van der Waals surface area contributed by atoms with Gasteiger partial charge in [-0.25, -0.2) is 9.59 Å². The lowest BCUT2D eigenvalue weighted by atomic mass is 9.88. The number of benzene rings is 2. The van der Waals surface area contributed by atoms with Crippen molar-refractivity contribution in [3.05, 3.63) is 59.7 Å². The molecule has 0 spiro atoms. The number of alkyl carbamates (subject to hydrolysis) is 1. The third-order valence-electron chi connectivity index (χ3n) is 6.45. The lowest BCUT2D eigenvalue weighted by Gasteiger charge is -2.37. The van der Waals surface area contributed by atoms with Crippen LogP contribution in [0.3, 0.4) is 0 Å². The number of aliphatic carboxylic acids is 1. The summed E-state index contributed by atoms with van der Waals surface area (Å²) in [5.41, 5.74) is 3.97. The summed E-state index contributed by atoms with van der Waals surface area (Å²) in [4.78, 5) is 35.9. The van der Waals surface area contributed by atoms with Gasteiger partial charge < -0.3 is 25.2 Å². The van der Waals surface area contributed by atoms with Gasteiger partial charge >= 0.3 is 12.1 Å². The highest BCUT2D eigenvalue weighted by Crippen LogP contribution is 2.44. The van der Waals surface area contributed by atoms with Crippen molar-refractivity contribution >= 4 is 29.7 Å². The third-order valence-corrected chi connectivity index (χ3v) is 7.44. The van der Waals surface area contributed by atoms with E-state index in [9.17, 15) is 14.4 Å². The van der Waals surface area contributed by atoms with Gasteiger partial charge in [-0.3, -0.25) is 4.79 Å². The minimum absolute atomic E-state index is 0.0277. The summed E-state index contributed by atoms with van der Waals surface area (Å²) in [6.45, 7) is 0.140. The average Bonchev–Trinajstić information content (AvgIpc) is 3.16. The summed E-state index contributed by atoms with van der Waals surface area (Å²) >= 11 is 1.80. The Kier molecular flexibility index (Phi) is 8.30. The Hall–Kier alpha value is -3.04. The number of hydrogen-bond donors (Lipinski definition) is 3. The first-order valence-electron chi connectivity index (χ1n) is 11.7. The smallest absolute Gasteiger partial charge is 0.407 e. The minimum Gasteiger partial charge on any atom is -0.480 e. The summed E-state index contributed by atoms with van der Waals surface area (Å²) in [7, 11) is 0. The quantitative estimate of drug-likeness (QED) is 0.430. The monoisotopic (exact) mass is 498 g/mol. The molecule has 0 atom stereocenters. The first-order chi connectivity index (χ1) is 17.0.